The first-order chi connectivity index (χ1) is 15.1. The lowest BCUT2D eigenvalue weighted by Gasteiger charge is -2.38. The van der Waals surface area contributed by atoms with E-state index >= 15 is 0 Å². The number of benzene rings is 1. The van der Waals surface area contributed by atoms with Crippen LogP contribution >= 0.6 is 24.0 Å². The number of halogens is 1. The van der Waals surface area contributed by atoms with Crippen LogP contribution in [0.1, 0.15) is 25.5 Å². The molecule has 182 valence electrons. The van der Waals surface area contributed by atoms with Gasteiger partial charge in [-0.1, -0.05) is 12.1 Å². The minimum Gasteiger partial charge on any atom is -0.497 e. The molecule has 2 heterocycles. The van der Waals surface area contributed by atoms with E-state index in [0.717, 1.165) is 70.9 Å². The number of guanidine groups is 1. The topological polar surface area (TPSA) is 70.6 Å². The van der Waals surface area contributed by atoms with Gasteiger partial charge in [-0.25, -0.2) is 0 Å². The first kappa shape index (κ1) is 27.1. The Hall–Kier alpha value is -1.14. The SMILES string of the molecule is CN=C(NCC(c1ccc(OC)cc1)N1CCOCC1)NCC(C)N1CCOCC1C.I. The molecule has 0 radical (unpaired) electrons. The minimum absolute atomic E-state index is 0. The zero-order chi connectivity index (χ0) is 22.1. The highest BCUT2D eigenvalue weighted by Gasteiger charge is 2.25. The molecule has 0 amide bonds. The predicted octanol–water partition coefficient (Wildman–Crippen LogP) is 1.96. The Morgan fingerprint density at radius 3 is 2.38 bits per heavy atom. The highest BCUT2D eigenvalue weighted by molar-refractivity contribution is 14.0. The van der Waals surface area contributed by atoms with Crippen LogP contribution in [0.25, 0.3) is 0 Å². The molecule has 2 fully saturated rings. The summed E-state index contributed by atoms with van der Waals surface area (Å²) in [6, 6.07) is 9.46. The monoisotopic (exact) mass is 561 g/mol. The van der Waals surface area contributed by atoms with Crippen molar-refractivity contribution in [3.05, 3.63) is 29.8 Å². The lowest BCUT2D eigenvalue weighted by atomic mass is 10.0. The molecule has 3 unspecified atom stereocenters. The van der Waals surface area contributed by atoms with Crippen molar-refractivity contribution in [2.24, 2.45) is 4.99 Å². The van der Waals surface area contributed by atoms with E-state index in [2.05, 4.69) is 51.4 Å². The van der Waals surface area contributed by atoms with Crippen LogP contribution in [0.3, 0.4) is 0 Å². The molecule has 2 aliphatic rings. The maximum atomic E-state index is 5.57. The smallest absolute Gasteiger partial charge is 0.191 e. The van der Waals surface area contributed by atoms with Crippen molar-refractivity contribution in [3.63, 3.8) is 0 Å². The van der Waals surface area contributed by atoms with Crippen LogP contribution in [0, 0.1) is 0 Å². The van der Waals surface area contributed by atoms with E-state index in [0.29, 0.717) is 12.1 Å². The van der Waals surface area contributed by atoms with Crippen molar-refractivity contribution in [3.8, 4) is 5.75 Å². The number of methoxy groups -OCH3 is 1. The van der Waals surface area contributed by atoms with E-state index < -0.39 is 0 Å². The van der Waals surface area contributed by atoms with Crippen LogP contribution in [0.2, 0.25) is 0 Å². The van der Waals surface area contributed by atoms with Gasteiger partial charge in [0.05, 0.1) is 39.6 Å². The average Bonchev–Trinajstić information content (AvgIpc) is 2.82. The second-order valence-electron chi connectivity index (χ2n) is 8.28. The number of ether oxygens (including phenoxy) is 3. The molecule has 2 N–H and O–H groups in total. The summed E-state index contributed by atoms with van der Waals surface area (Å²) in [4.78, 5) is 9.42. The van der Waals surface area contributed by atoms with Crippen molar-refractivity contribution in [1.29, 1.82) is 0 Å². The fraction of sp³-hybridized carbons (Fsp3) is 0.696. The molecule has 3 rings (SSSR count). The molecule has 0 bridgehead atoms. The third kappa shape index (κ3) is 7.72. The van der Waals surface area contributed by atoms with Crippen LogP contribution in [-0.4, -0.2) is 101 Å². The second-order valence-corrected chi connectivity index (χ2v) is 8.28. The van der Waals surface area contributed by atoms with Gasteiger partial charge < -0.3 is 24.8 Å². The number of nitrogens with one attached hydrogen (secondary N) is 2. The third-order valence-corrected chi connectivity index (χ3v) is 6.22. The van der Waals surface area contributed by atoms with Gasteiger partial charge in [0.25, 0.3) is 0 Å². The summed E-state index contributed by atoms with van der Waals surface area (Å²) in [5.74, 6) is 1.71. The number of rotatable bonds is 8. The average molecular weight is 562 g/mol. The van der Waals surface area contributed by atoms with Gasteiger partial charge in [-0.05, 0) is 31.5 Å². The first-order valence-electron chi connectivity index (χ1n) is 11.4. The molecule has 0 spiro atoms. The summed E-state index contributed by atoms with van der Waals surface area (Å²) >= 11 is 0. The summed E-state index contributed by atoms with van der Waals surface area (Å²) < 4.78 is 16.5. The van der Waals surface area contributed by atoms with Gasteiger partial charge in [0, 0.05) is 51.9 Å². The molecule has 1 aromatic rings. The van der Waals surface area contributed by atoms with Gasteiger partial charge in [-0.2, -0.15) is 0 Å². The molecule has 8 nitrogen and oxygen atoms in total. The van der Waals surface area contributed by atoms with Crippen LogP contribution in [-0.2, 0) is 9.47 Å². The number of aliphatic imine (C=N–C) groups is 1. The summed E-state index contributed by atoms with van der Waals surface area (Å²) in [7, 11) is 3.53. The van der Waals surface area contributed by atoms with E-state index in [1.807, 2.05) is 19.2 Å². The van der Waals surface area contributed by atoms with Crippen molar-refractivity contribution >= 4 is 29.9 Å². The minimum atomic E-state index is 0. The van der Waals surface area contributed by atoms with Gasteiger partial charge in [-0.3, -0.25) is 14.8 Å². The van der Waals surface area contributed by atoms with E-state index in [1.54, 1.807) is 7.11 Å². The quantitative estimate of drug-likeness (QED) is 0.286. The van der Waals surface area contributed by atoms with E-state index in [9.17, 15) is 0 Å². The Morgan fingerprint density at radius 2 is 1.75 bits per heavy atom. The molecule has 2 saturated heterocycles. The molecule has 1 aromatic carbocycles. The fourth-order valence-electron chi connectivity index (χ4n) is 4.34. The molecular weight excluding hydrogens is 521 g/mol. The summed E-state index contributed by atoms with van der Waals surface area (Å²) in [6.07, 6.45) is 0. The Kier molecular flexibility index (Phi) is 12.0. The van der Waals surface area contributed by atoms with Crippen molar-refractivity contribution in [2.45, 2.75) is 32.0 Å². The Bertz CT molecular complexity index is 685. The molecule has 32 heavy (non-hydrogen) atoms. The maximum Gasteiger partial charge on any atom is 0.191 e. The molecule has 0 aromatic heterocycles. The highest BCUT2D eigenvalue weighted by atomic mass is 127. The molecule has 3 atom stereocenters. The Morgan fingerprint density at radius 1 is 1.09 bits per heavy atom. The van der Waals surface area contributed by atoms with Crippen molar-refractivity contribution < 1.29 is 14.2 Å². The lowest BCUT2D eigenvalue weighted by molar-refractivity contribution is -0.0174. The standard InChI is InChI=1S/C23H39N5O3.HI/c1-18(28-11-14-31-17-19(28)2)15-25-23(24-3)26-16-22(27-9-12-30-13-10-27)20-5-7-21(29-4)8-6-20;/h5-8,18-19,22H,9-17H2,1-4H3,(H2,24,25,26);1H. The van der Waals surface area contributed by atoms with E-state index in [1.165, 1.54) is 5.56 Å². The van der Waals surface area contributed by atoms with Crippen LogP contribution in [0.4, 0.5) is 0 Å². The van der Waals surface area contributed by atoms with Gasteiger partial charge >= 0.3 is 0 Å². The predicted molar refractivity (Wildman–Crippen MR) is 139 cm³/mol. The molecule has 2 aliphatic heterocycles. The third-order valence-electron chi connectivity index (χ3n) is 6.22. The number of hydrogen-bond acceptors (Lipinski definition) is 6. The number of nitrogens with zero attached hydrogens (tertiary/aromatic N) is 3. The van der Waals surface area contributed by atoms with Crippen LogP contribution in [0.15, 0.2) is 29.3 Å². The molecule has 9 heteroatoms. The van der Waals surface area contributed by atoms with Gasteiger partial charge in [0.15, 0.2) is 5.96 Å². The van der Waals surface area contributed by atoms with Crippen LogP contribution in [0.5, 0.6) is 5.75 Å². The Labute approximate surface area is 210 Å². The van der Waals surface area contributed by atoms with Crippen LogP contribution < -0.4 is 15.4 Å². The number of morpholine rings is 2. The normalized spacial score (nSPS) is 22.5. The first-order valence-corrected chi connectivity index (χ1v) is 11.4. The summed E-state index contributed by atoms with van der Waals surface area (Å²) in [5, 5.41) is 7.05. The van der Waals surface area contributed by atoms with Crippen molar-refractivity contribution in [1.82, 2.24) is 20.4 Å². The zero-order valence-electron chi connectivity index (χ0n) is 19.9. The van der Waals surface area contributed by atoms with E-state index in [-0.39, 0.29) is 30.0 Å². The second kappa shape index (κ2) is 14.2. The lowest BCUT2D eigenvalue weighted by Crippen LogP contribution is -2.53. The van der Waals surface area contributed by atoms with E-state index in [4.69, 9.17) is 14.2 Å². The number of hydrogen-bond donors (Lipinski definition) is 2. The van der Waals surface area contributed by atoms with Gasteiger partial charge in [0.1, 0.15) is 5.75 Å². The molecule has 0 saturated carbocycles. The van der Waals surface area contributed by atoms with Gasteiger partial charge in [0.2, 0.25) is 0 Å². The summed E-state index contributed by atoms with van der Waals surface area (Å²) in [6.45, 7) is 12.1. The largest absolute Gasteiger partial charge is 0.497 e. The fourth-order valence-corrected chi connectivity index (χ4v) is 4.34. The summed E-state index contributed by atoms with van der Waals surface area (Å²) in [5.41, 5.74) is 1.26. The van der Waals surface area contributed by atoms with Gasteiger partial charge in [-0.15, -0.1) is 24.0 Å². The Balaban J connectivity index is 0.00000363. The highest BCUT2D eigenvalue weighted by Crippen LogP contribution is 2.23. The zero-order valence-corrected chi connectivity index (χ0v) is 22.2. The van der Waals surface area contributed by atoms with Crippen molar-refractivity contribution in [2.75, 3.05) is 73.3 Å². The molecule has 0 aliphatic carbocycles. The molecular formula is C23H40IN5O3. The maximum absolute atomic E-state index is 5.57.